The molecule has 0 amide bonds. The second-order valence-corrected chi connectivity index (χ2v) is 24.0. The van der Waals surface area contributed by atoms with Gasteiger partial charge < -0.3 is 0 Å². The Morgan fingerprint density at radius 2 is 0.500 bits per heavy atom. The molecule has 4 heterocycles. The SMILES string of the molecule is Cc1ccc(-c2cc(-c3nc(-c4ccccc4)nc(-c4ccccc4)n3)cc(-c3c4ccccc4cc4ccccc34)c2)c(C)n1.Cc1ccc(-c2cc(-c3nc(-c4ccccc4)nc(-c4ccccc4)n3)cc(-c3ccc4c5c(cccc35)-c3ccccc3-4)c2)c(C)n1. The summed E-state index contributed by atoms with van der Waals surface area (Å²) < 4.78 is 0. The summed E-state index contributed by atoms with van der Waals surface area (Å²) in [5, 5.41) is 7.34. The first-order valence-electron chi connectivity index (χ1n) is 31.7. The summed E-state index contributed by atoms with van der Waals surface area (Å²) in [5.74, 6) is 3.81. The minimum absolute atomic E-state index is 0.623. The van der Waals surface area contributed by atoms with Gasteiger partial charge in [-0.3, -0.25) is 9.97 Å². The highest BCUT2D eigenvalue weighted by Crippen LogP contribution is 2.50. The van der Waals surface area contributed by atoms with Crippen LogP contribution < -0.4 is 0 Å². The molecule has 0 aliphatic heterocycles. The minimum Gasteiger partial charge on any atom is -0.258 e. The molecule has 1 aliphatic carbocycles. The fraction of sp³-hybridized carbons (Fsp3) is 0.0465. The van der Waals surface area contributed by atoms with E-state index in [-0.39, 0.29) is 0 Å². The lowest BCUT2D eigenvalue weighted by atomic mass is 9.89. The molecule has 0 radical (unpaired) electrons. The molecule has 8 nitrogen and oxygen atoms in total. The van der Waals surface area contributed by atoms with Gasteiger partial charge >= 0.3 is 0 Å². The fourth-order valence-corrected chi connectivity index (χ4v) is 13.4. The van der Waals surface area contributed by atoms with Crippen molar-refractivity contribution in [1.82, 2.24) is 39.9 Å². The van der Waals surface area contributed by atoms with Crippen LogP contribution in [-0.4, -0.2) is 39.9 Å². The Hall–Kier alpha value is -12.3. The maximum absolute atomic E-state index is 5.10. The lowest BCUT2D eigenvalue weighted by molar-refractivity contribution is 1.07. The van der Waals surface area contributed by atoms with Crippen molar-refractivity contribution in [2.45, 2.75) is 27.7 Å². The molecule has 0 spiro atoms. The lowest BCUT2D eigenvalue weighted by Crippen LogP contribution is -2.01. The van der Waals surface area contributed by atoms with Crippen molar-refractivity contribution in [3.63, 3.8) is 0 Å². The molecule has 4 aromatic heterocycles. The zero-order valence-electron chi connectivity index (χ0n) is 52.3. The summed E-state index contributed by atoms with van der Waals surface area (Å²) >= 11 is 0. The molecule has 0 bridgehead atoms. The second kappa shape index (κ2) is 24.2. The maximum Gasteiger partial charge on any atom is 0.164 e. The molecular formula is C86H60N8. The standard InChI is InChI=1S/C44H30N4.C42H30N4/c1-27-20-21-34(28(2)45-27)31-24-32(35-22-23-40-37-17-10-9-16-36(37)39-19-11-18-38(35)41(39)40)26-33(25-31)44-47-42(29-12-5-3-6-13-29)46-43(48-44)30-14-7-4-8-15-30;1-27-21-22-36(28(2)43-27)33-24-34(39-37-19-11-9-17-31(37)23-32-18-10-12-20-38(32)39)26-35(25-33)42-45-40(29-13-5-3-6-14-29)44-41(46-42)30-15-7-4-8-16-30/h3-26H,1-2H3;3-26H,1-2H3. The van der Waals surface area contributed by atoms with Crippen LogP contribution in [0, 0.1) is 27.7 Å². The van der Waals surface area contributed by atoms with E-state index in [4.69, 9.17) is 39.9 Å². The number of aryl methyl sites for hydroxylation is 4. The average Bonchev–Trinajstić information content (AvgIpc) is 1.60. The van der Waals surface area contributed by atoms with E-state index in [2.05, 4.69) is 184 Å². The number of hydrogen-bond donors (Lipinski definition) is 0. The van der Waals surface area contributed by atoms with Gasteiger partial charge in [0.1, 0.15) is 0 Å². The van der Waals surface area contributed by atoms with Crippen molar-refractivity contribution in [3.05, 3.63) is 314 Å². The maximum atomic E-state index is 5.10. The van der Waals surface area contributed by atoms with Crippen molar-refractivity contribution in [1.29, 1.82) is 0 Å². The molecule has 17 rings (SSSR count). The first-order valence-corrected chi connectivity index (χ1v) is 31.7. The topological polar surface area (TPSA) is 103 Å². The van der Waals surface area contributed by atoms with Gasteiger partial charge in [-0.1, -0.05) is 237 Å². The summed E-state index contributed by atoms with van der Waals surface area (Å²) in [6, 6.07) is 102. The normalized spacial score (nSPS) is 11.4. The van der Waals surface area contributed by atoms with E-state index < -0.39 is 0 Å². The van der Waals surface area contributed by atoms with Gasteiger partial charge in [0.2, 0.25) is 0 Å². The Labute approximate surface area is 545 Å². The van der Waals surface area contributed by atoms with Crippen LogP contribution in [0.3, 0.4) is 0 Å². The van der Waals surface area contributed by atoms with E-state index in [0.29, 0.717) is 34.9 Å². The Bertz CT molecular complexity index is 5400. The monoisotopic (exact) mass is 1200 g/mol. The summed E-state index contributed by atoms with van der Waals surface area (Å²) in [5.41, 5.74) is 23.6. The van der Waals surface area contributed by atoms with Crippen molar-refractivity contribution >= 4 is 32.3 Å². The molecule has 12 aromatic carbocycles. The predicted octanol–water partition coefficient (Wildman–Crippen LogP) is 21.5. The van der Waals surface area contributed by atoms with Gasteiger partial charge in [-0.25, -0.2) is 29.9 Å². The highest BCUT2D eigenvalue weighted by Gasteiger charge is 2.24. The number of aromatic nitrogens is 8. The molecule has 1 aliphatic rings. The Kier molecular flexibility index (Phi) is 14.6. The zero-order valence-corrected chi connectivity index (χ0v) is 52.3. The molecular weight excluding hydrogens is 1150 g/mol. The molecule has 94 heavy (non-hydrogen) atoms. The average molecular weight is 1210 g/mol. The van der Waals surface area contributed by atoms with Gasteiger partial charge in [0.15, 0.2) is 34.9 Å². The predicted molar refractivity (Wildman–Crippen MR) is 386 cm³/mol. The lowest BCUT2D eigenvalue weighted by Gasteiger charge is -2.16. The third-order valence-corrected chi connectivity index (χ3v) is 17.8. The van der Waals surface area contributed by atoms with E-state index in [9.17, 15) is 0 Å². The summed E-state index contributed by atoms with van der Waals surface area (Å²) in [6.45, 7) is 8.22. The molecule has 0 saturated heterocycles. The van der Waals surface area contributed by atoms with Crippen molar-refractivity contribution in [3.8, 4) is 135 Å². The summed E-state index contributed by atoms with van der Waals surface area (Å²) in [6.07, 6.45) is 0. The molecule has 8 heteroatoms. The number of hydrogen-bond acceptors (Lipinski definition) is 8. The summed E-state index contributed by atoms with van der Waals surface area (Å²) in [4.78, 5) is 39.9. The van der Waals surface area contributed by atoms with Gasteiger partial charge in [0, 0.05) is 67.3 Å². The Morgan fingerprint density at radius 3 is 0.936 bits per heavy atom. The molecule has 16 aromatic rings. The molecule has 0 atom stereocenters. The van der Waals surface area contributed by atoms with Gasteiger partial charge in [-0.15, -0.1) is 0 Å². The highest BCUT2D eigenvalue weighted by molar-refractivity contribution is 6.19. The van der Waals surface area contributed by atoms with Gasteiger partial charge in [0.05, 0.1) is 0 Å². The molecule has 0 saturated carbocycles. The first-order chi connectivity index (χ1) is 46.2. The van der Waals surface area contributed by atoms with Gasteiger partial charge in [-0.05, 0) is 170 Å². The Morgan fingerprint density at radius 1 is 0.191 bits per heavy atom. The number of nitrogens with zero attached hydrogens (tertiary/aromatic N) is 8. The third kappa shape index (κ3) is 10.8. The van der Waals surface area contributed by atoms with E-state index >= 15 is 0 Å². The van der Waals surface area contributed by atoms with E-state index in [1.165, 1.54) is 65.7 Å². The minimum atomic E-state index is 0.623. The molecule has 444 valence electrons. The van der Waals surface area contributed by atoms with Gasteiger partial charge in [-0.2, -0.15) is 0 Å². The number of rotatable bonds is 10. The number of fused-ring (bicyclic) bond motifs is 5. The van der Waals surface area contributed by atoms with Crippen LogP contribution in [-0.2, 0) is 0 Å². The molecule has 0 fully saturated rings. The van der Waals surface area contributed by atoms with Crippen LogP contribution in [0.2, 0.25) is 0 Å². The Balaban J connectivity index is 0.000000149. The van der Waals surface area contributed by atoms with Crippen LogP contribution in [0.5, 0.6) is 0 Å². The van der Waals surface area contributed by atoms with Gasteiger partial charge in [0.25, 0.3) is 0 Å². The van der Waals surface area contributed by atoms with Crippen molar-refractivity contribution in [2.24, 2.45) is 0 Å². The second-order valence-electron chi connectivity index (χ2n) is 24.0. The quantitative estimate of drug-likeness (QED) is 0.125. The van der Waals surface area contributed by atoms with E-state index in [1.807, 2.05) is 135 Å². The van der Waals surface area contributed by atoms with E-state index in [1.54, 1.807) is 0 Å². The number of pyridine rings is 2. The number of benzene rings is 12. The zero-order chi connectivity index (χ0) is 63.2. The van der Waals surface area contributed by atoms with Crippen LogP contribution in [0.25, 0.3) is 167 Å². The molecule has 0 unspecified atom stereocenters. The summed E-state index contributed by atoms with van der Waals surface area (Å²) in [7, 11) is 0. The van der Waals surface area contributed by atoms with Crippen molar-refractivity contribution < 1.29 is 0 Å². The molecule has 0 N–H and O–H groups in total. The third-order valence-electron chi connectivity index (χ3n) is 17.8. The smallest absolute Gasteiger partial charge is 0.164 e. The highest BCUT2D eigenvalue weighted by atomic mass is 15.0. The van der Waals surface area contributed by atoms with Crippen LogP contribution in [0.4, 0.5) is 0 Å². The van der Waals surface area contributed by atoms with Crippen LogP contribution in [0.1, 0.15) is 22.8 Å². The van der Waals surface area contributed by atoms with Crippen LogP contribution in [0.15, 0.2) is 291 Å². The fourth-order valence-electron chi connectivity index (χ4n) is 13.4. The first kappa shape index (κ1) is 56.9. The van der Waals surface area contributed by atoms with Crippen LogP contribution >= 0.6 is 0 Å². The van der Waals surface area contributed by atoms with E-state index in [0.717, 1.165) is 89.5 Å². The largest absolute Gasteiger partial charge is 0.258 e. The van der Waals surface area contributed by atoms with Crippen molar-refractivity contribution in [2.75, 3.05) is 0 Å².